The van der Waals surface area contributed by atoms with Crippen LogP contribution in [-0.2, 0) is 9.59 Å². The molecule has 2 amide bonds. The van der Waals surface area contributed by atoms with E-state index in [1.165, 1.54) is 0 Å². The van der Waals surface area contributed by atoms with Crippen molar-refractivity contribution in [2.24, 2.45) is 0 Å². The van der Waals surface area contributed by atoms with Gasteiger partial charge < -0.3 is 9.80 Å². The quantitative estimate of drug-likeness (QED) is 0.507. The number of nitrogens with zero attached hydrogens (tertiary/aromatic N) is 2. The van der Waals surface area contributed by atoms with E-state index in [4.69, 9.17) is 0 Å². The zero-order valence-electron chi connectivity index (χ0n) is 6.56. The SMILES string of the molecule is CN(C=O)[C@H]1CCN(C=O)C1. The first-order valence-corrected chi connectivity index (χ1v) is 3.64. The standard InChI is InChI=1S/C7H12N2O2/c1-8(5-10)7-2-3-9(4-7)6-11/h5-7H,2-4H2,1H3/t7-/m0/s1. The molecule has 11 heavy (non-hydrogen) atoms. The van der Waals surface area contributed by atoms with Gasteiger partial charge in [0.15, 0.2) is 0 Å². The van der Waals surface area contributed by atoms with Gasteiger partial charge in [0.2, 0.25) is 12.8 Å². The Morgan fingerprint density at radius 3 is 2.73 bits per heavy atom. The third-order valence-corrected chi connectivity index (χ3v) is 2.09. The number of rotatable bonds is 3. The first kappa shape index (κ1) is 8.04. The van der Waals surface area contributed by atoms with Crippen molar-refractivity contribution in [2.75, 3.05) is 20.1 Å². The molecule has 0 aliphatic carbocycles. The van der Waals surface area contributed by atoms with Gasteiger partial charge in [-0.1, -0.05) is 0 Å². The molecule has 0 aromatic heterocycles. The second-order valence-corrected chi connectivity index (χ2v) is 2.81. The van der Waals surface area contributed by atoms with E-state index in [9.17, 15) is 9.59 Å². The topological polar surface area (TPSA) is 40.6 Å². The van der Waals surface area contributed by atoms with Crippen molar-refractivity contribution in [1.82, 2.24) is 9.80 Å². The fourth-order valence-electron chi connectivity index (χ4n) is 1.28. The average molecular weight is 156 g/mol. The van der Waals surface area contributed by atoms with Crippen LogP contribution in [-0.4, -0.2) is 48.8 Å². The van der Waals surface area contributed by atoms with Crippen LogP contribution in [0.15, 0.2) is 0 Å². The fraction of sp³-hybridized carbons (Fsp3) is 0.714. The minimum absolute atomic E-state index is 0.220. The molecule has 1 aliphatic heterocycles. The summed E-state index contributed by atoms with van der Waals surface area (Å²) in [6.07, 6.45) is 2.53. The van der Waals surface area contributed by atoms with E-state index < -0.39 is 0 Å². The molecule has 0 unspecified atom stereocenters. The predicted molar refractivity (Wildman–Crippen MR) is 39.9 cm³/mol. The van der Waals surface area contributed by atoms with Gasteiger partial charge in [-0.05, 0) is 6.42 Å². The number of likely N-dealkylation sites (N-methyl/N-ethyl adjacent to an activating group) is 1. The summed E-state index contributed by atoms with van der Waals surface area (Å²) in [5, 5.41) is 0. The van der Waals surface area contributed by atoms with Crippen molar-refractivity contribution in [2.45, 2.75) is 12.5 Å². The molecule has 4 nitrogen and oxygen atoms in total. The molecule has 0 spiro atoms. The molecule has 0 aromatic rings. The minimum Gasteiger partial charge on any atom is -0.343 e. The molecule has 1 fully saturated rings. The van der Waals surface area contributed by atoms with Crippen LogP contribution in [0.4, 0.5) is 0 Å². The van der Waals surface area contributed by atoms with Gasteiger partial charge >= 0.3 is 0 Å². The summed E-state index contributed by atoms with van der Waals surface area (Å²) in [4.78, 5) is 23.9. The Balaban J connectivity index is 2.40. The van der Waals surface area contributed by atoms with Crippen LogP contribution < -0.4 is 0 Å². The van der Waals surface area contributed by atoms with Crippen LogP contribution in [0.1, 0.15) is 6.42 Å². The van der Waals surface area contributed by atoms with Gasteiger partial charge in [-0.2, -0.15) is 0 Å². The highest BCUT2D eigenvalue weighted by atomic mass is 16.1. The number of hydrogen-bond acceptors (Lipinski definition) is 2. The van der Waals surface area contributed by atoms with Crippen LogP contribution in [0.3, 0.4) is 0 Å². The van der Waals surface area contributed by atoms with Crippen LogP contribution in [0.5, 0.6) is 0 Å². The molecule has 0 aromatic carbocycles. The molecule has 0 radical (unpaired) electrons. The lowest BCUT2D eigenvalue weighted by molar-refractivity contribution is -0.120. The summed E-state index contributed by atoms with van der Waals surface area (Å²) in [5.74, 6) is 0. The molecule has 1 heterocycles. The van der Waals surface area contributed by atoms with Gasteiger partial charge in [0.25, 0.3) is 0 Å². The van der Waals surface area contributed by atoms with Gasteiger partial charge in [0.05, 0.1) is 6.04 Å². The lowest BCUT2D eigenvalue weighted by Gasteiger charge is -2.18. The lowest BCUT2D eigenvalue weighted by Crippen LogP contribution is -2.33. The molecule has 0 bridgehead atoms. The van der Waals surface area contributed by atoms with E-state index in [1.54, 1.807) is 16.8 Å². The molecule has 0 N–H and O–H groups in total. The Morgan fingerprint density at radius 2 is 2.27 bits per heavy atom. The average Bonchev–Trinajstić information content (AvgIpc) is 2.50. The second-order valence-electron chi connectivity index (χ2n) is 2.81. The van der Waals surface area contributed by atoms with Gasteiger partial charge in [-0.25, -0.2) is 0 Å². The lowest BCUT2D eigenvalue weighted by atomic mass is 10.2. The highest BCUT2D eigenvalue weighted by molar-refractivity contribution is 5.50. The van der Waals surface area contributed by atoms with Crippen molar-refractivity contribution in [1.29, 1.82) is 0 Å². The van der Waals surface area contributed by atoms with Gasteiger partial charge in [-0.15, -0.1) is 0 Å². The smallest absolute Gasteiger partial charge is 0.209 e. The van der Waals surface area contributed by atoms with Gasteiger partial charge in [0.1, 0.15) is 0 Å². The number of amides is 2. The molecule has 4 heteroatoms. The first-order valence-electron chi connectivity index (χ1n) is 3.64. The van der Waals surface area contributed by atoms with Gasteiger partial charge in [-0.3, -0.25) is 9.59 Å². The molecular weight excluding hydrogens is 144 g/mol. The largest absolute Gasteiger partial charge is 0.343 e. The molecule has 1 rings (SSSR count). The highest BCUT2D eigenvalue weighted by Crippen LogP contribution is 2.10. The van der Waals surface area contributed by atoms with E-state index in [-0.39, 0.29) is 6.04 Å². The van der Waals surface area contributed by atoms with E-state index in [1.807, 2.05) is 0 Å². The van der Waals surface area contributed by atoms with Crippen molar-refractivity contribution in [3.63, 3.8) is 0 Å². The zero-order chi connectivity index (χ0) is 8.27. The van der Waals surface area contributed by atoms with Crippen molar-refractivity contribution in [3.8, 4) is 0 Å². The van der Waals surface area contributed by atoms with Crippen molar-refractivity contribution in [3.05, 3.63) is 0 Å². The van der Waals surface area contributed by atoms with E-state index >= 15 is 0 Å². The molecule has 1 saturated heterocycles. The summed E-state index contributed by atoms with van der Waals surface area (Å²) in [6.45, 7) is 1.45. The summed E-state index contributed by atoms with van der Waals surface area (Å²) in [6, 6.07) is 0.220. The Hall–Kier alpha value is -1.06. The summed E-state index contributed by atoms with van der Waals surface area (Å²) in [5.41, 5.74) is 0. The monoisotopic (exact) mass is 156 g/mol. The number of carbonyl (C=O) groups excluding carboxylic acids is 2. The maximum Gasteiger partial charge on any atom is 0.209 e. The molecule has 1 atom stereocenters. The number of carbonyl (C=O) groups is 2. The second kappa shape index (κ2) is 3.37. The van der Waals surface area contributed by atoms with Crippen LogP contribution >= 0.6 is 0 Å². The normalized spacial score (nSPS) is 23.4. The Morgan fingerprint density at radius 1 is 1.55 bits per heavy atom. The fourth-order valence-corrected chi connectivity index (χ4v) is 1.28. The zero-order valence-corrected chi connectivity index (χ0v) is 6.56. The maximum absolute atomic E-state index is 10.3. The highest BCUT2D eigenvalue weighted by Gasteiger charge is 2.23. The summed E-state index contributed by atoms with van der Waals surface area (Å²) in [7, 11) is 1.74. The third-order valence-electron chi connectivity index (χ3n) is 2.09. The minimum atomic E-state index is 0.220. The van der Waals surface area contributed by atoms with Gasteiger partial charge in [0, 0.05) is 20.1 Å². The Labute approximate surface area is 65.8 Å². The molecule has 62 valence electrons. The van der Waals surface area contributed by atoms with E-state index in [0.29, 0.717) is 6.54 Å². The summed E-state index contributed by atoms with van der Waals surface area (Å²) >= 11 is 0. The third kappa shape index (κ3) is 1.69. The van der Waals surface area contributed by atoms with Crippen LogP contribution in [0.25, 0.3) is 0 Å². The number of hydrogen-bond donors (Lipinski definition) is 0. The van der Waals surface area contributed by atoms with Crippen LogP contribution in [0.2, 0.25) is 0 Å². The predicted octanol–water partition coefficient (Wildman–Crippen LogP) is -0.695. The van der Waals surface area contributed by atoms with Crippen molar-refractivity contribution >= 4 is 12.8 Å². The Kier molecular flexibility index (Phi) is 2.46. The van der Waals surface area contributed by atoms with E-state index in [2.05, 4.69) is 0 Å². The first-order chi connectivity index (χ1) is 5.27. The molecule has 1 aliphatic rings. The summed E-state index contributed by atoms with van der Waals surface area (Å²) < 4.78 is 0. The van der Waals surface area contributed by atoms with Crippen LogP contribution in [0, 0.1) is 0 Å². The van der Waals surface area contributed by atoms with Crippen molar-refractivity contribution < 1.29 is 9.59 Å². The molecular formula is C7H12N2O2. The Bertz CT molecular complexity index is 161. The molecule has 0 saturated carbocycles. The number of likely N-dealkylation sites (tertiary alicyclic amines) is 1. The maximum atomic E-state index is 10.3. The van der Waals surface area contributed by atoms with E-state index in [0.717, 1.165) is 25.8 Å².